The molecule has 2 aromatic carbocycles. The van der Waals surface area contributed by atoms with Gasteiger partial charge in [0.2, 0.25) is 5.91 Å². The predicted molar refractivity (Wildman–Crippen MR) is 97.9 cm³/mol. The third kappa shape index (κ3) is 5.07. The molecule has 0 radical (unpaired) electrons. The summed E-state index contributed by atoms with van der Waals surface area (Å²) in [5.41, 5.74) is 5.96. The number of carbonyl (C=O) groups excluding carboxylic acids is 3. The number of hydrogen-bond acceptors (Lipinski definition) is 4. The highest BCUT2D eigenvalue weighted by molar-refractivity contribution is 6.00. The Balaban J connectivity index is 1.93. The second-order valence-corrected chi connectivity index (χ2v) is 5.48. The Morgan fingerprint density at radius 1 is 0.923 bits per heavy atom. The maximum atomic E-state index is 12.1. The molecule has 0 aliphatic carbocycles. The summed E-state index contributed by atoms with van der Waals surface area (Å²) in [6.07, 6.45) is 1.20. The summed E-state index contributed by atoms with van der Waals surface area (Å²) in [6, 6.07) is 13.1. The summed E-state index contributed by atoms with van der Waals surface area (Å²) in [6.45, 7) is 1.92. The van der Waals surface area contributed by atoms with Gasteiger partial charge in [0, 0.05) is 17.7 Å². The number of hydrogen-bond donors (Lipinski definition) is 3. The molecule has 2 aromatic rings. The number of carbonyl (C=O) groups is 3. The molecule has 0 fully saturated rings. The first kappa shape index (κ1) is 19.0. The molecule has 0 saturated heterocycles. The van der Waals surface area contributed by atoms with E-state index < -0.39 is 11.8 Å². The van der Waals surface area contributed by atoms with Crippen LogP contribution in [0.25, 0.3) is 0 Å². The third-order valence-electron chi connectivity index (χ3n) is 3.55. The van der Waals surface area contributed by atoms with E-state index >= 15 is 0 Å². The van der Waals surface area contributed by atoms with Crippen LogP contribution in [-0.4, -0.2) is 24.8 Å². The van der Waals surface area contributed by atoms with Gasteiger partial charge in [-0.25, -0.2) is 0 Å². The predicted octanol–water partition coefficient (Wildman–Crippen LogP) is 2.51. The Morgan fingerprint density at radius 2 is 1.58 bits per heavy atom. The molecule has 7 nitrogen and oxygen atoms in total. The SMILES string of the molecule is CCCC(=O)Nc1ccc(C(=O)NNC(=O)c2ccccc2OC)cc1. The summed E-state index contributed by atoms with van der Waals surface area (Å²) in [4.78, 5) is 35.8. The van der Waals surface area contributed by atoms with Gasteiger partial charge in [-0.15, -0.1) is 0 Å². The molecule has 0 heterocycles. The number of rotatable bonds is 6. The van der Waals surface area contributed by atoms with Crippen LogP contribution in [0.1, 0.15) is 40.5 Å². The summed E-state index contributed by atoms with van der Waals surface area (Å²) in [5.74, 6) is -0.626. The standard InChI is InChI=1S/C19H21N3O4/c1-3-6-17(23)20-14-11-9-13(10-12-14)18(24)21-22-19(25)15-7-4-5-8-16(15)26-2/h4-5,7-12H,3,6H2,1-2H3,(H,20,23)(H,21,24)(H,22,25). The van der Waals surface area contributed by atoms with Crippen LogP contribution in [0.3, 0.4) is 0 Å². The van der Waals surface area contributed by atoms with Gasteiger partial charge in [0.1, 0.15) is 5.75 Å². The van der Waals surface area contributed by atoms with E-state index in [1.54, 1.807) is 48.5 Å². The zero-order valence-corrected chi connectivity index (χ0v) is 14.7. The van der Waals surface area contributed by atoms with Crippen molar-refractivity contribution in [2.75, 3.05) is 12.4 Å². The molecule has 3 N–H and O–H groups in total. The molecule has 0 bridgehead atoms. The minimum Gasteiger partial charge on any atom is -0.496 e. The Labute approximate surface area is 151 Å². The third-order valence-corrected chi connectivity index (χ3v) is 3.55. The van der Waals surface area contributed by atoms with Gasteiger partial charge in [-0.1, -0.05) is 19.1 Å². The zero-order valence-electron chi connectivity index (χ0n) is 14.7. The van der Waals surface area contributed by atoms with Crippen LogP contribution in [0, 0.1) is 0 Å². The van der Waals surface area contributed by atoms with E-state index in [2.05, 4.69) is 16.2 Å². The van der Waals surface area contributed by atoms with Gasteiger partial charge in [-0.05, 0) is 42.8 Å². The summed E-state index contributed by atoms with van der Waals surface area (Å²) in [7, 11) is 1.46. The smallest absolute Gasteiger partial charge is 0.273 e. The molecule has 0 unspecified atom stereocenters. The molecule has 7 heteroatoms. The highest BCUT2D eigenvalue weighted by Gasteiger charge is 2.13. The highest BCUT2D eigenvalue weighted by Crippen LogP contribution is 2.16. The normalized spacial score (nSPS) is 9.92. The van der Waals surface area contributed by atoms with Gasteiger partial charge in [-0.3, -0.25) is 25.2 Å². The first-order valence-corrected chi connectivity index (χ1v) is 8.18. The average Bonchev–Trinajstić information content (AvgIpc) is 2.66. The molecular formula is C19H21N3O4. The summed E-state index contributed by atoms with van der Waals surface area (Å²) < 4.78 is 5.11. The molecule has 0 spiro atoms. The monoisotopic (exact) mass is 355 g/mol. The average molecular weight is 355 g/mol. The van der Waals surface area contributed by atoms with Gasteiger partial charge in [0.25, 0.3) is 11.8 Å². The van der Waals surface area contributed by atoms with Crippen molar-refractivity contribution in [2.24, 2.45) is 0 Å². The summed E-state index contributed by atoms with van der Waals surface area (Å²) >= 11 is 0. The number of methoxy groups -OCH3 is 1. The maximum absolute atomic E-state index is 12.1. The lowest BCUT2D eigenvalue weighted by atomic mass is 10.2. The Kier molecular flexibility index (Phi) is 6.73. The number of benzene rings is 2. The minimum atomic E-state index is -0.487. The van der Waals surface area contributed by atoms with E-state index in [1.807, 2.05) is 6.92 Å². The lowest BCUT2D eigenvalue weighted by Crippen LogP contribution is -2.41. The van der Waals surface area contributed by atoms with E-state index in [4.69, 9.17) is 4.74 Å². The van der Waals surface area contributed by atoms with E-state index in [1.165, 1.54) is 7.11 Å². The van der Waals surface area contributed by atoms with Crippen LogP contribution in [0.2, 0.25) is 0 Å². The number of amides is 3. The molecule has 0 atom stereocenters. The molecule has 0 aliphatic rings. The lowest BCUT2D eigenvalue weighted by molar-refractivity contribution is -0.116. The first-order chi connectivity index (χ1) is 12.5. The maximum Gasteiger partial charge on any atom is 0.273 e. The van der Waals surface area contributed by atoms with Crippen LogP contribution >= 0.6 is 0 Å². The summed E-state index contributed by atoms with van der Waals surface area (Å²) in [5, 5.41) is 2.74. The van der Waals surface area contributed by atoms with E-state index in [0.717, 1.165) is 6.42 Å². The molecule has 26 heavy (non-hydrogen) atoms. The van der Waals surface area contributed by atoms with Crippen LogP contribution in [-0.2, 0) is 4.79 Å². The Hall–Kier alpha value is -3.35. The van der Waals surface area contributed by atoms with Crippen molar-refractivity contribution in [2.45, 2.75) is 19.8 Å². The quantitative estimate of drug-likeness (QED) is 0.694. The second kappa shape index (κ2) is 9.22. The van der Waals surface area contributed by atoms with Gasteiger partial charge in [0.15, 0.2) is 0 Å². The fourth-order valence-electron chi connectivity index (χ4n) is 2.24. The van der Waals surface area contributed by atoms with Crippen LogP contribution in [0.4, 0.5) is 5.69 Å². The molecular weight excluding hydrogens is 334 g/mol. The van der Waals surface area contributed by atoms with Crippen LogP contribution in [0.15, 0.2) is 48.5 Å². The molecule has 136 valence electrons. The topological polar surface area (TPSA) is 96.5 Å². The van der Waals surface area contributed by atoms with Gasteiger partial charge < -0.3 is 10.1 Å². The number of para-hydroxylation sites is 1. The Bertz CT molecular complexity index is 788. The van der Waals surface area contributed by atoms with Crippen molar-refractivity contribution in [3.8, 4) is 5.75 Å². The van der Waals surface area contributed by atoms with Crippen molar-refractivity contribution < 1.29 is 19.1 Å². The number of anilines is 1. The zero-order chi connectivity index (χ0) is 18.9. The van der Waals surface area contributed by atoms with Crippen LogP contribution < -0.4 is 20.9 Å². The van der Waals surface area contributed by atoms with Crippen molar-refractivity contribution in [1.29, 1.82) is 0 Å². The van der Waals surface area contributed by atoms with Gasteiger partial charge >= 0.3 is 0 Å². The molecule has 0 saturated carbocycles. The van der Waals surface area contributed by atoms with E-state index in [9.17, 15) is 14.4 Å². The number of hydrazine groups is 1. The molecule has 0 aliphatic heterocycles. The van der Waals surface area contributed by atoms with Gasteiger partial charge in [0.05, 0.1) is 12.7 Å². The minimum absolute atomic E-state index is 0.0752. The molecule has 3 amide bonds. The molecule has 0 aromatic heterocycles. The fourth-order valence-corrected chi connectivity index (χ4v) is 2.24. The van der Waals surface area contributed by atoms with Crippen LogP contribution in [0.5, 0.6) is 5.75 Å². The van der Waals surface area contributed by atoms with Crippen molar-refractivity contribution >= 4 is 23.4 Å². The highest BCUT2D eigenvalue weighted by atomic mass is 16.5. The van der Waals surface area contributed by atoms with Crippen molar-refractivity contribution in [3.63, 3.8) is 0 Å². The fraction of sp³-hybridized carbons (Fsp3) is 0.211. The van der Waals surface area contributed by atoms with Crippen molar-refractivity contribution in [1.82, 2.24) is 10.9 Å². The first-order valence-electron chi connectivity index (χ1n) is 8.18. The number of nitrogens with one attached hydrogen (secondary N) is 3. The van der Waals surface area contributed by atoms with Gasteiger partial charge in [-0.2, -0.15) is 0 Å². The molecule has 2 rings (SSSR count). The second-order valence-electron chi connectivity index (χ2n) is 5.48. The van der Waals surface area contributed by atoms with Crippen molar-refractivity contribution in [3.05, 3.63) is 59.7 Å². The largest absolute Gasteiger partial charge is 0.496 e. The number of ether oxygens (including phenoxy) is 1. The van der Waals surface area contributed by atoms with E-state index in [-0.39, 0.29) is 5.91 Å². The lowest BCUT2D eigenvalue weighted by Gasteiger charge is -2.10. The Morgan fingerprint density at radius 3 is 2.23 bits per heavy atom. The van der Waals surface area contributed by atoms with E-state index in [0.29, 0.717) is 29.0 Å².